The van der Waals surface area contributed by atoms with Crippen molar-refractivity contribution in [3.8, 4) is 0 Å². The lowest BCUT2D eigenvalue weighted by molar-refractivity contribution is -0.143. The third kappa shape index (κ3) is 3.08. The van der Waals surface area contributed by atoms with E-state index in [9.17, 15) is 13.2 Å². The van der Waals surface area contributed by atoms with Crippen LogP contribution in [0.4, 0.5) is 13.2 Å². The standard InChI is InChI=1S/C11H14F3N3S/c1-16-5-3-8(4-6-16)18-9-7-17(2)15-10(9)11(12,13)14/h3,7H,4-6H2,1-2H3. The monoisotopic (exact) mass is 277 g/mol. The van der Waals surface area contributed by atoms with Crippen LogP contribution in [0, 0.1) is 0 Å². The van der Waals surface area contributed by atoms with Crippen molar-refractivity contribution in [2.24, 2.45) is 7.05 Å². The van der Waals surface area contributed by atoms with E-state index >= 15 is 0 Å². The first-order valence-corrected chi connectivity index (χ1v) is 6.34. The fourth-order valence-electron chi connectivity index (χ4n) is 1.72. The number of rotatable bonds is 2. The Morgan fingerprint density at radius 2 is 2.06 bits per heavy atom. The summed E-state index contributed by atoms with van der Waals surface area (Å²) in [5, 5.41) is 3.50. The summed E-state index contributed by atoms with van der Waals surface area (Å²) in [5.74, 6) is 0. The highest BCUT2D eigenvalue weighted by Crippen LogP contribution is 2.39. The fraction of sp³-hybridized carbons (Fsp3) is 0.545. The van der Waals surface area contributed by atoms with Gasteiger partial charge in [-0.15, -0.1) is 0 Å². The average molecular weight is 277 g/mol. The van der Waals surface area contributed by atoms with E-state index in [4.69, 9.17) is 0 Å². The van der Waals surface area contributed by atoms with E-state index in [1.165, 1.54) is 29.7 Å². The van der Waals surface area contributed by atoms with Gasteiger partial charge in [0, 0.05) is 26.3 Å². The van der Waals surface area contributed by atoms with Crippen LogP contribution in [0.15, 0.2) is 22.1 Å². The van der Waals surface area contributed by atoms with Gasteiger partial charge in [0.1, 0.15) is 0 Å². The predicted molar refractivity (Wildman–Crippen MR) is 64.3 cm³/mol. The molecule has 0 fully saturated rings. The van der Waals surface area contributed by atoms with Gasteiger partial charge in [0.15, 0.2) is 5.69 Å². The van der Waals surface area contributed by atoms with Gasteiger partial charge in [0.2, 0.25) is 0 Å². The van der Waals surface area contributed by atoms with Gasteiger partial charge in [-0.25, -0.2) is 0 Å². The minimum Gasteiger partial charge on any atom is -0.302 e. The Kier molecular flexibility index (Phi) is 3.72. The number of hydrogen-bond donors (Lipinski definition) is 0. The highest BCUT2D eigenvalue weighted by atomic mass is 32.2. The Bertz CT molecular complexity index is 465. The quantitative estimate of drug-likeness (QED) is 0.829. The third-order valence-corrected chi connectivity index (χ3v) is 3.83. The largest absolute Gasteiger partial charge is 0.436 e. The fourth-order valence-corrected chi connectivity index (χ4v) is 2.82. The Morgan fingerprint density at radius 1 is 1.33 bits per heavy atom. The molecule has 0 aromatic carbocycles. The van der Waals surface area contributed by atoms with Gasteiger partial charge in [-0.2, -0.15) is 18.3 Å². The zero-order valence-corrected chi connectivity index (χ0v) is 11.0. The lowest BCUT2D eigenvalue weighted by atomic mass is 10.3. The van der Waals surface area contributed by atoms with Crippen LogP contribution in [-0.4, -0.2) is 34.8 Å². The molecule has 1 aromatic rings. The van der Waals surface area contributed by atoms with Crippen LogP contribution < -0.4 is 0 Å². The first-order chi connectivity index (χ1) is 8.36. The number of alkyl halides is 3. The molecule has 2 heterocycles. The molecule has 18 heavy (non-hydrogen) atoms. The molecule has 1 aromatic heterocycles. The molecule has 100 valence electrons. The van der Waals surface area contributed by atoms with E-state index < -0.39 is 11.9 Å². The first kappa shape index (κ1) is 13.5. The summed E-state index contributed by atoms with van der Waals surface area (Å²) in [6, 6.07) is 0. The van der Waals surface area contributed by atoms with Crippen LogP contribution >= 0.6 is 11.8 Å². The summed E-state index contributed by atoms with van der Waals surface area (Å²) in [7, 11) is 3.49. The van der Waals surface area contributed by atoms with E-state index in [-0.39, 0.29) is 4.90 Å². The number of aromatic nitrogens is 2. The molecule has 0 saturated heterocycles. The summed E-state index contributed by atoms with van der Waals surface area (Å²) in [4.78, 5) is 3.28. The molecule has 0 bridgehead atoms. The summed E-state index contributed by atoms with van der Waals surface area (Å²) in [6.45, 7) is 1.66. The number of nitrogens with zero attached hydrogens (tertiary/aromatic N) is 3. The van der Waals surface area contributed by atoms with Crippen LogP contribution in [-0.2, 0) is 13.2 Å². The number of hydrogen-bond acceptors (Lipinski definition) is 3. The molecule has 0 atom stereocenters. The molecular weight excluding hydrogens is 263 g/mol. The van der Waals surface area contributed by atoms with Crippen molar-refractivity contribution in [2.45, 2.75) is 17.5 Å². The zero-order chi connectivity index (χ0) is 13.3. The lowest BCUT2D eigenvalue weighted by Gasteiger charge is -2.21. The molecule has 0 radical (unpaired) electrons. The molecule has 0 aliphatic carbocycles. The number of halogens is 3. The van der Waals surface area contributed by atoms with E-state index in [2.05, 4.69) is 10.00 Å². The molecule has 0 spiro atoms. The van der Waals surface area contributed by atoms with E-state index in [0.29, 0.717) is 0 Å². The van der Waals surface area contributed by atoms with Gasteiger partial charge in [-0.3, -0.25) is 4.68 Å². The molecule has 0 saturated carbocycles. The van der Waals surface area contributed by atoms with Crippen LogP contribution in [0.2, 0.25) is 0 Å². The average Bonchev–Trinajstić information content (AvgIpc) is 2.63. The van der Waals surface area contributed by atoms with Gasteiger partial charge in [0.05, 0.1) is 4.90 Å². The Morgan fingerprint density at radius 3 is 2.61 bits per heavy atom. The van der Waals surface area contributed by atoms with Crippen molar-refractivity contribution < 1.29 is 13.2 Å². The first-order valence-electron chi connectivity index (χ1n) is 5.52. The number of aryl methyl sites for hydroxylation is 1. The number of thioether (sulfide) groups is 1. The highest BCUT2D eigenvalue weighted by Gasteiger charge is 2.37. The van der Waals surface area contributed by atoms with Crippen molar-refractivity contribution in [3.05, 3.63) is 22.9 Å². The smallest absolute Gasteiger partial charge is 0.302 e. The minimum absolute atomic E-state index is 0.181. The topological polar surface area (TPSA) is 21.1 Å². The molecule has 3 nitrogen and oxygen atoms in total. The van der Waals surface area contributed by atoms with Gasteiger partial charge in [-0.1, -0.05) is 17.8 Å². The maximum Gasteiger partial charge on any atom is 0.436 e. The highest BCUT2D eigenvalue weighted by molar-refractivity contribution is 8.03. The van der Waals surface area contributed by atoms with Crippen LogP contribution in [0.5, 0.6) is 0 Å². The maximum absolute atomic E-state index is 12.8. The maximum atomic E-state index is 12.8. The van der Waals surface area contributed by atoms with Crippen molar-refractivity contribution in [3.63, 3.8) is 0 Å². The zero-order valence-electron chi connectivity index (χ0n) is 10.2. The van der Waals surface area contributed by atoms with Crippen LogP contribution in [0.3, 0.4) is 0 Å². The molecule has 1 aliphatic heterocycles. The van der Waals surface area contributed by atoms with Crippen molar-refractivity contribution in [2.75, 3.05) is 20.1 Å². The number of likely N-dealkylation sites (N-methyl/N-ethyl adjacent to an activating group) is 1. The van der Waals surface area contributed by atoms with E-state index in [1.807, 2.05) is 13.1 Å². The van der Waals surface area contributed by atoms with Gasteiger partial charge >= 0.3 is 6.18 Å². The summed E-state index contributed by atoms with van der Waals surface area (Å²) in [6.07, 6.45) is -0.211. The second kappa shape index (κ2) is 4.97. The van der Waals surface area contributed by atoms with Gasteiger partial charge in [-0.05, 0) is 18.4 Å². The second-order valence-electron chi connectivity index (χ2n) is 4.30. The van der Waals surface area contributed by atoms with Crippen molar-refractivity contribution >= 4 is 11.8 Å². The van der Waals surface area contributed by atoms with Gasteiger partial charge in [0.25, 0.3) is 0 Å². The van der Waals surface area contributed by atoms with Crippen molar-refractivity contribution in [1.82, 2.24) is 14.7 Å². The molecule has 1 aliphatic rings. The molecule has 0 N–H and O–H groups in total. The van der Waals surface area contributed by atoms with Crippen LogP contribution in [0.25, 0.3) is 0 Å². The normalized spacial score (nSPS) is 17.9. The molecule has 7 heteroatoms. The Labute approximate surface area is 108 Å². The second-order valence-corrected chi connectivity index (χ2v) is 5.47. The lowest BCUT2D eigenvalue weighted by Crippen LogP contribution is -2.23. The predicted octanol–water partition coefficient (Wildman–Crippen LogP) is 2.75. The SMILES string of the molecule is CN1CC=C(Sc2cn(C)nc2C(F)(F)F)CC1. The van der Waals surface area contributed by atoms with Crippen LogP contribution in [0.1, 0.15) is 12.1 Å². The van der Waals surface area contributed by atoms with E-state index in [1.54, 1.807) is 0 Å². The van der Waals surface area contributed by atoms with Crippen molar-refractivity contribution in [1.29, 1.82) is 0 Å². The third-order valence-electron chi connectivity index (χ3n) is 2.68. The van der Waals surface area contributed by atoms with E-state index in [0.717, 1.165) is 24.4 Å². The van der Waals surface area contributed by atoms with Gasteiger partial charge < -0.3 is 4.90 Å². The Balaban J connectivity index is 2.19. The molecule has 0 unspecified atom stereocenters. The summed E-state index contributed by atoms with van der Waals surface area (Å²) in [5.41, 5.74) is -0.796. The molecule has 2 rings (SSSR count). The summed E-state index contributed by atoms with van der Waals surface area (Å²) >= 11 is 1.17. The summed E-state index contributed by atoms with van der Waals surface area (Å²) < 4.78 is 39.5. The molecular formula is C11H14F3N3S. The minimum atomic E-state index is -4.39. The Hall–Kier alpha value is -0.950. The molecule has 0 amide bonds.